The topological polar surface area (TPSA) is 54.0 Å². The van der Waals surface area contributed by atoms with E-state index < -0.39 is 0 Å². The lowest BCUT2D eigenvalue weighted by molar-refractivity contribution is 1.11. The third-order valence-corrected chi connectivity index (χ3v) is 3.25. The highest BCUT2D eigenvalue weighted by Gasteiger charge is 2.04. The second kappa shape index (κ2) is 4.38. The van der Waals surface area contributed by atoms with Gasteiger partial charge in [0.25, 0.3) is 0 Å². The Labute approximate surface area is 117 Å². The predicted molar refractivity (Wildman–Crippen MR) is 75.9 cm³/mol. The molecule has 4 nitrogen and oxygen atoms in total. The van der Waals surface area contributed by atoms with Crippen LogP contribution in [0.3, 0.4) is 0 Å². The standard InChI is InChI=1S/C13H7IN4/c14-11-3-1-2-9(4-11)10-6-16-13-17-12(5-15)8-18(13)7-10/h1-4,6-8H. The summed E-state index contributed by atoms with van der Waals surface area (Å²) in [5.74, 6) is 0.543. The molecule has 3 rings (SSSR count). The normalized spacial score (nSPS) is 10.4. The molecule has 0 saturated carbocycles. The number of benzene rings is 1. The molecule has 0 atom stereocenters. The molecule has 0 spiro atoms. The van der Waals surface area contributed by atoms with E-state index in [-0.39, 0.29) is 0 Å². The highest BCUT2D eigenvalue weighted by molar-refractivity contribution is 14.1. The summed E-state index contributed by atoms with van der Waals surface area (Å²) >= 11 is 2.28. The number of halogens is 1. The Morgan fingerprint density at radius 2 is 2.11 bits per heavy atom. The fourth-order valence-corrected chi connectivity index (χ4v) is 2.30. The third-order valence-electron chi connectivity index (χ3n) is 2.58. The van der Waals surface area contributed by atoms with Crippen molar-refractivity contribution in [2.45, 2.75) is 0 Å². The van der Waals surface area contributed by atoms with Crippen LogP contribution in [-0.4, -0.2) is 14.4 Å². The number of rotatable bonds is 1. The lowest BCUT2D eigenvalue weighted by Gasteiger charge is -2.02. The summed E-state index contributed by atoms with van der Waals surface area (Å²) < 4.78 is 2.95. The Balaban J connectivity index is 2.16. The highest BCUT2D eigenvalue weighted by Crippen LogP contribution is 2.20. The van der Waals surface area contributed by atoms with Crippen molar-refractivity contribution in [1.29, 1.82) is 5.26 Å². The first-order valence-electron chi connectivity index (χ1n) is 5.27. The molecule has 0 unspecified atom stereocenters. The van der Waals surface area contributed by atoms with Gasteiger partial charge >= 0.3 is 0 Å². The minimum absolute atomic E-state index is 0.377. The van der Waals surface area contributed by atoms with E-state index in [0.717, 1.165) is 11.1 Å². The van der Waals surface area contributed by atoms with E-state index in [1.165, 1.54) is 3.57 Å². The van der Waals surface area contributed by atoms with Gasteiger partial charge in [-0.3, -0.25) is 4.40 Å². The minimum Gasteiger partial charge on any atom is -0.289 e. The molecule has 0 saturated heterocycles. The van der Waals surface area contributed by atoms with Gasteiger partial charge in [0, 0.05) is 27.7 Å². The molecule has 2 heterocycles. The average molecular weight is 346 g/mol. The van der Waals surface area contributed by atoms with Gasteiger partial charge in [0.1, 0.15) is 6.07 Å². The zero-order valence-electron chi connectivity index (χ0n) is 9.21. The van der Waals surface area contributed by atoms with Crippen LogP contribution in [-0.2, 0) is 0 Å². The monoisotopic (exact) mass is 346 g/mol. The summed E-state index contributed by atoms with van der Waals surface area (Å²) in [6.07, 6.45) is 5.39. The largest absolute Gasteiger partial charge is 0.289 e. The third kappa shape index (κ3) is 1.95. The summed E-state index contributed by atoms with van der Waals surface area (Å²) in [7, 11) is 0. The van der Waals surface area contributed by atoms with Crippen LogP contribution in [0.5, 0.6) is 0 Å². The lowest BCUT2D eigenvalue weighted by atomic mass is 10.1. The Kier molecular flexibility index (Phi) is 2.72. The van der Waals surface area contributed by atoms with Crippen LogP contribution in [0.1, 0.15) is 5.69 Å². The maximum Gasteiger partial charge on any atom is 0.235 e. The summed E-state index contributed by atoms with van der Waals surface area (Å²) in [5, 5.41) is 8.81. The van der Waals surface area contributed by atoms with E-state index in [4.69, 9.17) is 5.26 Å². The fraction of sp³-hybridized carbons (Fsp3) is 0. The van der Waals surface area contributed by atoms with Gasteiger partial charge in [-0.25, -0.2) is 4.98 Å². The summed E-state index contributed by atoms with van der Waals surface area (Å²) in [6.45, 7) is 0. The summed E-state index contributed by atoms with van der Waals surface area (Å²) in [6, 6.07) is 10.2. The number of nitrogens with zero attached hydrogens (tertiary/aromatic N) is 4. The Morgan fingerprint density at radius 1 is 1.22 bits per heavy atom. The summed E-state index contributed by atoms with van der Waals surface area (Å²) in [5.41, 5.74) is 2.48. The van der Waals surface area contributed by atoms with Gasteiger partial charge in [0.15, 0.2) is 5.69 Å². The molecule has 3 aromatic rings. The van der Waals surface area contributed by atoms with Crippen LogP contribution in [0.4, 0.5) is 0 Å². The second-order valence-corrected chi connectivity index (χ2v) is 5.04. The fourth-order valence-electron chi connectivity index (χ4n) is 1.76. The molecule has 18 heavy (non-hydrogen) atoms. The number of aromatic nitrogens is 3. The highest BCUT2D eigenvalue weighted by atomic mass is 127. The van der Waals surface area contributed by atoms with Gasteiger partial charge in [-0.2, -0.15) is 10.2 Å². The number of imidazole rings is 1. The number of fused-ring (bicyclic) bond motifs is 1. The van der Waals surface area contributed by atoms with Crippen molar-refractivity contribution in [1.82, 2.24) is 14.4 Å². The molecule has 0 amide bonds. The Hall–Kier alpha value is -1.94. The van der Waals surface area contributed by atoms with Crippen molar-refractivity contribution in [3.63, 3.8) is 0 Å². The van der Waals surface area contributed by atoms with Crippen LogP contribution in [0.15, 0.2) is 42.9 Å². The first-order chi connectivity index (χ1) is 8.76. The van der Waals surface area contributed by atoms with Crippen LogP contribution >= 0.6 is 22.6 Å². The molecule has 1 aromatic carbocycles. The number of hydrogen-bond donors (Lipinski definition) is 0. The SMILES string of the molecule is N#Cc1cn2cc(-c3cccc(I)c3)cnc2n1. The van der Waals surface area contributed by atoms with Crippen molar-refractivity contribution >= 4 is 28.4 Å². The van der Waals surface area contributed by atoms with Crippen LogP contribution in [0.2, 0.25) is 0 Å². The van der Waals surface area contributed by atoms with E-state index >= 15 is 0 Å². The minimum atomic E-state index is 0.377. The first kappa shape index (κ1) is 11.2. The molecule has 0 bridgehead atoms. The smallest absolute Gasteiger partial charge is 0.235 e. The Bertz CT molecular complexity index is 770. The van der Waals surface area contributed by atoms with Gasteiger partial charge in [-0.15, -0.1) is 0 Å². The van der Waals surface area contributed by atoms with E-state index in [1.54, 1.807) is 16.8 Å². The number of hydrogen-bond acceptors (Lipinski definition) is 3. The van der Waals surface area contributed by atoms with E-state index in [1.807, 2.05) is 30.5 Å². The molecule has 5 heteroatoms. The zero-order valence-corrected chi connectivity index (χ0v) is 11.4. The quantitative estimate of drug-likeness (QED) is 0.637. The van der Waals surface area contributed by atoms with Crippen molar-refractivity contribution in [2.75, 3.05) is 0 Å². The van der Waals surface area contributed by atoms with Gasteiger partial charge in [0.05, 0.1) is 0 Å². The van der Waals surface area contributed by atoms with Crippen molar-refractivity contribution in [3.8, 4) is 17.2 Å². The van der Waals surface area contributed by atoms with Crippen LogP contribution < -0.4 is 0 Å². The van der Waals surface area contributed by atoms with Gasteiger partial charge < -0.3 is 0 Å². The molecule has 2 aromatic heterocycles. The van der Waals surface area contributed by atoms with Crippen LogP contribution in [0.25, 0.3) is 16.9 Å². The average Bonchev–Trinajstić information content (AvgIpc) is 2.80. The van der Waals surface area contributed by atoms with Crippen molar-refractivity contribution in [2.24, 2.45) is 0 Å². The molecule has 0 aliphatic heterocycles. The number of nitriles is 1. The van der Waals surface area contributed by atoms with Crippen LogP contribution in [0, 0.1) is 14.9 Å². The van der Waals surface area contributed by atoms with E-state index in [2.05, 4.69) is 38.6 Å². The molecule has 86 valence electrons. The predicted octanol–water partition coefficient (Wildman–Crippen LogP) is 2.87. The molecular formula is C13H7IN4. The van der Waals surface area contributed by atoms with Gasteiger partial charge in [0.2, 0.25) is 5.78 Å². The first-order valence-corrected chi connectivity index (χ1v) is 6.35. The van der Waals surface area contributed by atoms with Crippen molar-refractivity contribution < 1.29 is 0 Å². The maximum absolute atomic E-state index is 8.81. The molecular weight excluding hydrogens is 339 g/mol. The molecule has 0 fully saturated rings. The maximum atomic E-state index is 8.81. The van der Waals surface area contributed by atoms with Gasteiger partial charge in [-0.1, -0.05) is 12.1 Å². The molecule has 0 N–H and O–H groups in total. The lowest BCUT2D eigenvalue weighted by Crippen LogP contribution is -1.89. The molecule has 0 aliphatic carbocycles. The zero-order chi connectivity index (χ0) is 12.5. The molecule has 0 radical (unpaired) electrons. The van der Waals surface area contributed by atoms with E-state index in [9.17, 15) is 0 Å². The Morgan fingerprint density at radius 3 is 2.89 bits per heavy atom. The van der Waals surface area contributed by atoms with Crippen molar-refractivity contribution in [3.05, 3.63) is 52.1 Å². The van der Waals surface area contributed by atoms with E-state index in [0.29, 0.717) is 11.5 Å². The summed E-state index contributed by atoms with van der Waals surface area (Å²) in [4.78, 5) is 8.33. The molecule has 0 aliphatic rings. The second-order valence-electron chi connectivity index (χ2n) is 3.80. The van der Waals surface area contributed by atoms with Gasteiger partial charge in [-0.05, 0) is 40.3 Å².